The zero-order valence-corrected chi connectivity index (χ0v) is 25.9. The van der Waals surface area contributed by atoms with Crippen molar-refractivity contribution < 1.29 is 45.5 Å². The van der Waals surface area contributed by atoms with E-state index in [1.54, 1.807) is 0 Å². The Morgan fingerprint density at radius 3 is 2.17 bits per heavy atom. The highest BCUT2D eigenvalue weighted by Gasteiger charge is 2.67. The Kier molecular flexibility index (Phi) is 8.85. The van der Waals surface area contributed by atoms with Crippen molar-refractivity contribution in [2.45, 2.75) is 49.0 Å². The number of halogens is 9. The number of amides is 1. The van der Waals surface area contributed by atoms with Crippen LogP contribution in [0, 0.1) is 28.8 Å². The van der Waals surface area contributed by atoms with Gasteiger partial charge in [-0.3, -0.25) is 19.2 Å². The minimum atomic E-state index is -5.00. The summed E-state index contributed by atoms with van der Waals surface area (Å²) in [6.07, 6.45) is -5.66. The Labute approximate surface area is 273 Å². The fourth-order valence-corrected chi connectivity index (χ4v) is 6.60. The van der Waals surface area contributed by atoms with Gasteiger partial charge in [-0.1, -0.05) is 23.7 Å². The molecule has 1 amide bonds. The molecule has 0 unspecified atom stereocenters. The van der Waals surface area contributed by atoms with Gasteiger partial charge >= 0.3 is 6.18 Å². The summed E-state index contributed by atoms with van der Waals surface area (Å²) in [5.41, 5.74) is -3.82. The molecule has 0 aromatic heterocycles. The van der Waals surface area contributed by atoms with Crippen LogP contribution in [0.25, 0.3) is 0 Å². The summed E-state index contributed by atoms with van der Waals surface area (Å²) in [6.45, 7) is 1.25. The van der Waals surface area contributed by atoms with Gasteiger partial charge in [0.25, 0.3) is 0 Å². The summed E-state index contributed by atoms with van der Waals surface area (Å²) in [7, 11) is 0. The van der Waals surface area contributed by atoms with Crippen molar-refractivity contribution in [3.05, 3.63) is 98.8 Å². The van der Waals surface area contributed by atoms with E-state index in [-0.39, 0.29) is 33.2 Å². The number of hydrogen-bond acceptors (Lipinski definition) is 4. The van der Waals surface area contributed by atoms with E-state index in [9.17, 15) is 41.1 Å². The molecule has 5 nitrogen and oxygen atoms in total. The van der Waals surface area contributed by atoms with Crippen LogP contribution in [-0.4, -0.2) is 27.6 Å². The number of alkyl halides is 5. The molecular weight excluding hydrogens is 683 g/mol. The average Bonchev–Trinajstić information content (AvgIpc) is 3.88. The summed E-state index contributed by atoms with van der Waals surface area (Å²) < 4.78 is 81.5. The first-order valence-corrected chi connectivity index (χ1v) is 14.9. The summed E-state index contributed by atoms with van der Waals surface area (Å²) in [5.74, 6) is -8.51. The standard InChI is InChI=1S/C32H22Cl3F6NO4/c1-14(43)30(8-9-30)25(45)13-19-22(36)6-3-16(28(19)38)11-24(44)18-12-17(4-5-21(18)33)42-29(46)27-26(31(27,34)35)15-2-7-23(37)20(10-15)32(39,40)41/h2-7,10,12,26-27H,8-9,11,13H2,1H3,(H,42,46)/t26-,27+/m0/s1. The molecule has 242 valence electrons. The summed E-state index contributed by atoms with van der Waals surface area (Å²) >= 11 is 18.7. The smallest absolute Gasteiger partial charge is 0.326 e. The van der Waals surface area contributed by atoms with Crippen molar-refractivity contribution in [2.24, 2.45) is 11.3 Å². The van der Waals surface area contributed by atoms with Gasteiger partial charge in [0.2, 0.25) is 5.91 Å². The Balaban J connectivity index is 1.32. The van der Waals surface area contributed by atoms with Crippen molar-refractivity contribution >= 4 is 63.7 Å². The van der Waals surface area contributed by atoms with Crippen molar-refractivity contribution in [3.8, 4) is 0 Å². The Bertz CT molecular complexity index is 1800. The van der Waals surface area contributed by atoms with Crippen molar-refractivity contribution in [1.82, 2.24) is 0 Å². The fraction of sp³-hybridized carbons (Fsp3) is 0.312. The van der Waals surface area contributed by atoms with Crippen LogP contribution in [-0.2, 0) is 33.4 Å². The molecule has 2 atom stereocenters. The lowest BCUT2D eigenvalue weighted by Gasteiger charge is -2.13. The first-order chi connectivity index (χ1) is 21.4. The molecule has 0 saturated heterocycles. The third-order valence-corrected chi connectivity index (χ3v) is 9.71. The number of Topliss-reactive ketones (excluding diaryl/α,β-unsaturated/α-hetero) is 3. The molecule has 0 bridgehead atoms. The zero-order chi connectivity index (χ0) is 33.9. The molecule has 46 heavy (non-hydrogen) atoms. The van der Waals surface area contributed by atoms with Crippen LogP contribution in [0.2, 0.25) is 5.02 Å². The van der Waals surface area contributed by atoms with Gasteiger partial charge in [0.15, 0.2) is 11.6 Å². The molecule has 14 heteroatoms. The molecule has 0 aliphatic heterocycles. The van der Waals surface area contributed by atoms with Crippen LogP contribution >= 0.6 is 34.8 Å². The molecule has 0 heterocycles. The summed E-state index contributed by atoms with van der Waals surface area (Å²) in [5, 5.41) is 2.40. The van der Waals surface area contributed by atoms with Crippen LogP contribution < -0.4 is 5.32 Å². The summed E-state index contributed by atoms with van der Waals surface area (Å²) in [6, 6.07) is 7.91. The molecule has 3 aromatic carbocycles. The number of hydrogen-bond donors (Lipinski definition) is 1. The Morgan fingerprint density at radius 2 is 1.57 bits per heavy atom. The van der Waals surface area contributed by atoms with Crippen LogP contribution in [0.1, 0.15) is 58.3 Å². The monoisotopic (exact) mass is 703 g/mol. The number of carbonyl (C=O) groups is 4. The van der Waals surface area contributed by atoms with Gasteiger partial charge in [0.1, 0.15) is 27.6 Å². The number of rotatable bonds is 10. The SMILES string of the molecule is CC(=O)C1(C(=O)Cc2c(F)ccc(CC(=O)c3cc(NC(=O)[C@H]4[C@H](c5ccc(F)c(C(F)(F)F)c5)C4(Cl)Cl)ccc3Cl)c2F)CC1. The second-order valence-corrected chi connectivity index (χ2v) is 13.2. The number of ketones is 3. The fourth-order valence-electron chi connectivity index (χ4n) is 5.55. The number of benzene rings is 3. The molecule has 3 aromatic rings. The topological polar surface area (TPSA) is 80.3 Å². The van der Waals surface area contributed by atoms with E-state index in [2.05, 4.69) is 5.32 Å². The Hall–Kier alpha value is -3.41. The third-order valence-electron chi connectivity index (χ3n) is 8.44. The predicted molar refractivity (Wildman–Crippen MR) is 158 cm³/mol. The largest absolute Gasteiger partial charge is 0.419 e. The lowest BCUT2D eigenvalue weighted by molar-refractivity contribution is -0.140. The van der Waals surface area contributed by atoms with E-state index in [0.29, 0.717) is 25.0 Å². The zero-order valence-electron chi connectivity index (χ0n) is 23.6. The number of nitrogens with one attached hydrogen (secondary N) is 1. The Morgan fingerprint density at radius 1 is 0.913 bits per heavy atom. The normalized spacial score (nSPS) is 19.3. The van der Waals surface area contributed by atoms with Crippen LogP contribution in [0.3, 0.4) is 0 Å². The maximum atomic E-state index is 15.4. The second kappa shape index (κ2) is 12.0. The number of carbonyl (C=O) groups excluding carboxylic acids is 4. The predicted octanol–water partition coefficient (Wildman–Crippen LogP) is 8.21. The molecule has 5 rings (SSSR count). The molecular formula is C32H22Cl3F6NO4. The lowest BCUT2D eigenvalue weighted by Crippen LogP contribution is -2.26. The van der Waals surface area contributed by atoms with E-state index in [4.69, 9.17) is 34.8 Å². The minimum Gasteiger partial charge on any atom is -0.326 e. The van der Waals surface area contributed by atoms with E-state index >= 15 is 4.39 Å². The molecule has 0 radical (unpaired) electrons. The molecule has 2 aliphatic rings. The van der Waals surface area contributed by atoms with Gasteiger partial charge in [-0.15, -0.1) is 23.2 Å². The highest BCUT2D eigenvalue weighted by Crippen LogP contribution is 2.65. The first kappa shape index (κ1) is 33.9. The van der Waals surface area contributed by atoms with E-state index in [1.807, 2.05) is 0 Å². The first-order valence-electron chi connectivity index (χ1n) is 13.8. The van der Waals surface area contributed by atoms with E-state index in [1.165, 1.54) is 25.1 Å². The van der Waals surface area contributed by atoms with Gasteiger partial charge in [0.05, 0.1) is 21.9 Å². The quantitative estimate of drug-likeness (QED) is 0.0999. The average molecular weight is 705 g/mol. The lowest BCUT2D eigenvalue weighted by atomic mass is 9.90. The van der Waals surface area contributed by atoms with E-state index in [0.717, 1.165) is 18.2 Å². The number of anilines is 1. The van der Waals surface area contributed by atoms with Gasteiger partial charge < -0.3 is 5.32 Å². The van der Waals surface area contributed by atoms with Crippen LogP contribution in [0.4, 0.5) is 32.0 Å². The molecule has 1 N–H and O–H groups in total. The van der Waals surface area contributed by atoms with Gasteiger partial charge in [0, 0.05) is 35.6 Å². The van der Waals surface area contributed by atoms with Crippen LogP contribution in [0.15, 0.2) is 48.5 Å². The molecule has 0 spiro atoms. The van der Waals surface area contributed by atoms with Gasteiger partial charge in [-0.25, -0.2) is 13.2 Å². The van der Waals surface area contributed by atoms with E-state index < -0.39 is 86.7 Å². The minimum absolute atomic E-state index is 0.0208. The van der Waals surface area contributed by atoms with Crippen molar-refractivity contribution in [3.63, 3.8) is 0 Å². The van der Waals surface area contributed by atoms with Crippen LogP contribution in [0.5, 0.6) is 0 Å². The molecule has 2 fully saturated rings. The highest BCUT2D eigenvalue weighted by molar-refractivity contribution is 6.53. The van der Waals surface area contributed by atoms with Crippen molar-refractivity contribution in [1.29, 1.82) is 0 Å². The molecule has 2 aliphatic carbocycles. The molecule has 2 saturated carbocycles. The maximum Gasteiger partial charge on any atom is 0.419 e. The third kappa shape index (κ3) is 6.29. The highest BCUT2D eigenvalue weighted by atomic mass is 35.5. The second-order valence-electron chi connectivity index (χ2n) is 11.4. The summed E-state index contributed by atoms with van der Waals surface area (Å²) in [4.78, 5) is 50.8. The van der Waals surface area contributed by atoms with Gasteiger partial charge in [-0.2, -0.15) is 13.2 Å². The van der Waals surface area contributed by atoms with Crippen molar-refractivity contribution in [2.75, 3.05) is 5.32 Å². The maximum absolute atomic E-state index is 15.4. The van der Waals surface area contributed by atoms with Gasteiger partial charge in [-0.05, 0) is 67.3 Å².